The van der Waals surface area contributed by atoms with Crippen molar-refractivity contribution in [3.63, 3.8) is 0 Å². The quantitative estimate of drug-likeness (QED) is 0.928. The molecule has 1 heterocycles. The summed E-state index contributed by atoms with van der Waals surface area (Å²) in [4.78, 5) is 10.9. The van der Waals surface area contributed by atoms with E-state index >= 15 is 0 Å². The van der Waals surface area contributed by atoms with Crippen LogP contribution in [0.3, 0.4) is 0 Å². The third-order valence-electron chi connectivity index (χ3n) is 2.68. The summed E-state index contributed by atoms with van der Waals surface area (Å²) in [5, 5.41) is 8.88. The van der Waals surface area contributed by atoms with E-state index in [0.29, 0.717) is 0 Å². The maximum atomic E-state index is 13.8. The first-order chi connectivity index (χ1) is 8.95. The third kappa shape index (κ3) is 2.16. The molecular formula is C13H10F2O4. The van der Waals surface area contributed by atoms with Gasteiger partial charge in [0.15, 0.2) is 11.6 Å². The van der Waals surface area contributed by atoms with Crippen LogP contribution in [0.1, 0.15) is 16.1 Å². The van der Waals surface area contributed by atoms with Crippen LogP contribution in [0.15, 0.2) is 22.6 Å². The summed E-state index contributed by atoms with van der Waals surface area (Å²) >= 11 is 0. The fraction of sp³-hybridized carbons (Fsp3) is 0.154. The summed E-state index contributed by atoms with van der Waals surface area (Å²) in [5.41, 5.74) is -0.250. The zero-order valence-corrected chi connectivity index (χ0v) is 10.2. The molecule has 0 spiro atoms. The zero-order chi connectivity index (χ0) is 14.2. The van der Waals surface area contributed by atoms with Crippen LogP contribution in [0.25, 0.3) is 11.3 Å². The Balaban J connectivity index is 2.57. The molecule has 0 radical (unpaired) electrons. The van der Waals surface area contributed by atoms with Gasteiger partial charge in [0.2, 0.25) is 5.82 Å². The molecule has 0 fully saturated rings. The second-order valence-corrected chi connectivity index (χ2v) is 3.83. The van der Waals surface area contributed by atoms with E-state index < -0.39 is 17.6 Å². The van der Waals surface area contributed by atoms with Gasteiger partial charge in [0.05, 0.1) is 12.7 Å². The molecule has 2 rings (SSSR count). The number of carboxylic acids is 1. The highest BCUT2D eigenvalue weighted by atomic mass is 19.2. The molecule has 100 valence electrons. The number of hydrogen-bond donors (Lipinski definition) is 1. The van der Waals surface area contributed by atoms with E-state index in [0.717, 1.165) is 6.07 Å². The van der Waals surface area contributed by atoms with E-state index in [1.807, 2.05) is 0 Å². The molecule has 4 nitrogen and oxygen atoms in total. The van der Waals surface area contributed by atoms with Crippen LogP contribution in [-0.4, -0.2) is 18.2 Å². The predicted octanol–water partition coefficient (Wildman–Crippen LogP) is 3.24. The molecule has 1 aromatic heterocycles. The number of aromatic carboxylic acids is 1. The van der Waals surface area contributed by atoms with Crippen molar-refractivity contribution in [1.29, 1.82) is 0 Å². The third-order valence-corrected chi connectivity index (χ3v) is 2.68. The van der Waals surface area contributed by atoms with Crippen LogP contribution in [0.5, 0.6) is 5.75 Å². The van der Waals surface area contributed by atoms with Gasteiger partial charge < -0.3 is 14.3 Å². The van der Waals surface area contributed by atoms with Crippen molar-refractivity contribution >= 4 is 5.97 Å². The number of carbonyl (C=O) groups is 1. The molecule has 0 bridgehead atoms. The summed E-state index contributed by atoms with van der Waals surface area (Å²) in [5.74, 6) is -3.65. The average molecular weight is 268 g/mol. The van der Waals surface area contributed by atoms with Crippen molar-refractivity contribution in [3.05, 3.63) is 41.2 Å². The average Bonchev–Trinajstić information content (AvgIpc) is 2.74. The predicted molar refractivity (Wildman–Crippen MR) is 62.3 cm³/mol. The Hall–Kier alpha value is -2.37. The lowest BCUT2D eigenvalue weighted by molar-refractivity contribution is 0.0695. The van der Waals surface area contributed by atoms with Gasteiger partial charge in [0.1, 0.15) is 17.1 Å². The Morgan fingerprint density at radius 2 is 2.00 bits per heavy atom. The van der Waals surface area contributed by atoms with Crippen molar-refractivity contribution < 1.29 is 27.8 Å². The van der Waals surface area contributed by atoms with E-state index in [4.69, 9.17) is 9.52 Å². The molecule has 6 heteroatoms. The first kappa shape index (κ1) is 13.1. The Bertz CT molecular complexity index is 646. The number of furan rings is 1. The maximum absolute atomic E-state index is 13.8. The fourth-order valence-corrected chi connectivity index (χ4v) is 1.71. The topological polar surface area (TPSA) is 59.7 Å². The molecule has 19 heavy (non-hydrogen) atoms. The largest absolute Gasteiger partial charge is 0.494 e. The SMILES string of the molecule is COc1ccc(-c2cc(C(=O)O)c(C)o2)c(F)c1F. The second-order valence-electron chi connectivity index (χ2n) is 3.83. The van der Waals surface area contributed by atoms with Crippen LogP contribution in [0.2, 0.25) is 0 Å². The molecule has 1 aromatic carbocycles. The Kier molecular flexibility index (Phi) is 3.25. The highest BCUT2D eigenvalue weighted by Gasteiger charge is 2.20. The summed E-state index contributed by atoms with van der Waals surface area (Å²) in [7, 11) is 1.22. The fourth-order valence-electron chi connectivity index (χ4n) is 1.71. The first-order valence-corrected chi connectivity index (χ1v) is 5.31. The van der Waals surface area contributed by atoms with Crippen molar-refractivity contribution in [2.75, 3.05) is 7.11 Å². The van der Waals surface area contributed by atoms with E-state index in [1.165, 1.54) is 26.2 Å². The second kappa shape index (κ2) is 4.72. The highest BCUT2D eigenvalue weighted by molar-refractivity contribution is 5.90. The van der Waals surface area contributed by atoms with Gasteiger partial charge in [-0.1, -0.05) is 0 Å². The van der Waals surface area contributed by atoms with Crippen LogP contribution in [-0.2, 0) is 0 Å². The molecular weight excluding hydrogens is 258 g/mol. The minimum atomic E-state index is -1.19. The summed E-state index contributed by atoms with van der Waals surface area (Å²) in [6.07, 6.45) is 0. The Labute approximate surface area is 107 Å². The van der Waals surface area contributed by atoms with Gasteiger partial charge in [-0.15, -0.1) is 0 Å². The summed E-state index contributed by atoms with van der Waals surface area (Å²) < 4.78 is 37.2. The molecule has 0 saturated carbocycles. The molecule has 2 aromatic rings. The Morgan fingerprint density at radius 3 is 2.53 bits per heavy atom. The van der Waals surface area contributed by atoms with Crippen LogP contribution >= 0.6 is 0 Å². The van der Waals surface area contributed by atoms with Crippen LogP contribution in [0, 0.1) is 18.6 Å². The van der Waals surface area contributed by atoms with Gasteiger partial charge in [-0.05, 0) is 25.1 Å². The standard InChI is InChI=1S/C13H10F2O4/c1-6-8(13(16)17)5-10(19-6)7-3-4-9(18-2)12(15)11(7)14/h3-5H,1-2H3,(H,16,17). The number of halogens is 2. The number of ether oxygens (including phenoxy) is 1. The molecule has 0 aliphatic carbocycles. The monoisotopic (exact) mass is 268 g/mol. The number of aryl methyl sites for hydroxylation is 1. The van der Waals surface area contributed by atoms with Crippen LogP contribution < -0.4 is 4.74 Å². The molecule has 0 unspecified atom stereocenters. The van der Waals surface area contributed by atoms with Crippen molar-refractivity contribution in [3.8, 4) is 17.1 Å². The van der Waals surface area contributed by atoms with Crippen molar-refractivity contribution in [2.24, 2.45) is 0 Å². The van der Waals surface area contributed by atoms with Crippen LogP contribution in [0.4, 0.5) is 8.78 Å². The van der Waals surface area contributed by atoms with Gasteiger partial charge in [0, 0.05) is 0 Å². The maximum Gasteiger partial charge on any atom is 0.339 e. The molecule has 0 amide bonds. The number of rotatable bonds is 3. The van der Waals surface area contributed by atoms with Crippen molar-refractivity contribution in [2.45, 2.75) is 6.92 Å². The van der Waals surface area contributed by atoms with E-state index in [9.17, 15) is 13.6 Å². The number of hydrogen-bond acceptors (Lipinski definition) is 3. The number of benzene rings is 1. The molecule has 0 saturated heterocycles. The molecule has 0 aliphatic rings. The highest BCUT2D eigenvalue weighted by Crippen LogP contribution is 2.32. The zero-order valence-electron chi connectivity index (χ0n) is 10.2. The molecule has 1 N–H and O–H groups in total. The minimum absolute atomic E-state index is 0.0473. The van der Waals surface area contributed by atoms with Gasteiger partial charge in [0.25, 0.3) is 0 Å². The lowest BCUT2D eigenvalue weighted by Crippen LogP contribution is -1.95. The number of methoxy groups -OCH3 is 1. The smallest absolute Gasteiger partial charge is 0.339 e. The molecule has 0 aliphatic heterocycles. The van der Waals surface area contributed by atoms with E-state index in [1.54, 1.807) is 0 Å². The summed E-state index contributed by atoms with van der Waals surface area (Å²) in [6.45, 7) is 1.44. The lowest BCUT2D eigenvalue weighted by Gasteiger charge is -2.05. The first-order valence-electron chi connectivity index (χ1n) is 5.31. The summed E-state index contributed by atoms with van der Waals surface area (Å²) in [6, 6.07) is 3.66. The molecule has 0 atom stereocenters. The van der Waals surface area contributed by atoms with Gasteiger partial charge in [-0.3, -0.25) is 0 Å². The van der Waals surface area contributed by atoms with E-state index in [-0.39, 0.29) is 28.4 Å². The lowest BCUT2D eigenvalue weighted by atomic mass is 10.1. The number of carboxylic acid groups (broad SMARTS) is 1. The Morgan fingerprint density at radius 1 is 1.32 bits per heavy atom. The normalized spacial score (nSPS) is 10.5. The van der Waals surface area contributed by atoms with Gasteiger partial charge in [-0.2, -0.15) is 4.39 Å². The van der Waals surface area contributed by atoms with Gasteiger partial charge in [-0.25, -0.2) is 9.18 Å². The minimum Gasteiger partial charge on any atom is -0.494 e. The van der Waals surface area contributed by atoms with Crippen molar-refractivity contribution in [1.82, 2.24) is 0 Å². The van der Waals surface area contributed by atoms with E-state index in [2.05, 4.69) is 4.74 Å². The van der Waals surface area contributed by atoms with Gasteiger partial charge >= 0.3 is 5.97 Å².